The van der Waals surface area contributed by atoms with Crippen LogP contribution < -0.4 is 5.32 Å². The minimum Gasteiger partial charge on any atom is -0.310 e. The fourth-order valence-corrected chi connectivity index (χ4v) is 8.79. The van der Waals surface area contributed by atoms with E-state index in [9.17, 15) is 13.0 Å². The highest BCUT2D eigenvalue weighted by atomic mass is 35.5. The number of fused-ring (bicyclic) bond motifs is 2. The van der Waals surface area contributed by atoms with E-state index in [1.165, 1.54) is 39.7 Å². The number of nitrogens with one attached hydrogen (secondary N) is 1. The second-order valence-electron chi connectivity index (χ2n) is 14.1. The summed E-state index contributed by atoms with van der Waals surface area (Å²) >= 11 is 7.30. The number of hydrogen-bond donors (Lipinski definition) is 2. The van der Waals surface area contributed by atoms with Crippen LogP contribution in [0.4, 0.5) is 5.69 Å². The molecule has 2 atom stereocenters. The average molecular weight is 668 g/mol. The van der Waals surface area contributed by atoms with Crippen LogP contribution in [-0.4, -0.2) is 37.4 Å². The Balaban J connectivity index is 1.46. The molecule has 0 fully saturated rings. The molecule has 3 aromatic rings. The maximum absolute atomic E-state index is 12.1. The van der Waals surface area contributed by atoms with E-state index in [-0.39, 0.29) is 27.7 Å². The first-order valence-electron chi connectivity index (χ1n) is 16.2. The van der Waals surface area contributed by atoms with Crippen LogP contribution in [-0.2, 0) is 20.9 Å². The zero-order chi connectivity index (χ0) is 33.9. The van der Waals surface area contributed by atoms with Crippen molar-refractivity contribution in [2.75, 3.05) is 14.1 Å². The lowest BCUT2D eigenvalue weighted by Gasteiger charge is -2.28. The first kappa shape index (κ1) is 33.4. The van der Waals surface area contributed by atoms with Crippen LogP contribution in [0.25, 0.3) is 0 Å². The van der Waals surface area contributed by atoms with Gasteiger partial charge in [0.05, 0.1) is 16.4 Å². The smallest absolute Gasteiger partial charge is 0.294 e. The molecule has 0 saturated carbocycles. The predicted molar refractivity (Wildman–Crippen MR) is 193 cm³/mol. The molecular weight excluding hydrogens is 624 g/mol. The third kappa shape index (κ3) is 5.80. The van der Waals surface area contributed by atoms with Crippen LogP contribution >= 0.6 is 11.6 Å². The van der Waals surface area contributed by atoms with Crippen molar-refractivity contribution in [2.45, 2.75) is 75.1 Å². The van der Waals surface area contributed by atoms with Crippen LogP contribution in [0.15, 0.2) is 118 Å². The lowest BCUT2D eigenvalue weighted by molar-refractivity contribution is -0.401. The summed E-state index contributed by atoms with van der Waals surface area (Å²) in [5.74, 6) is -0.0334. The Morgan fingerprint density at radius 1 is 0.894 bits per heavy atom. The van der Waals surface area contributed by atoms with Crippen molar-refractivity contribution in [3.8, 4) is 0 Å². The lowest BCUT2D eigenvalue weighted by Crippen LogP contribution is -2.26. The second kappa shape index (κ2) is 12.2. The Hall–Kier alpha value is -3.55. The van der Waals surface area contributed by atoms with Crippen molar-refractivity contribution in [2.24, 2.45) is 0 Å². The van der Waals surface area contributed by atoms with Crippen molar-refractivity contribution >= 4 is 33.1 Å². The summed E-state index contributed by atoms with van der Waals surface area (Å²) in [5, 5.41) is 4.25. The molecule has 1 aliphatic heterocycles. The van der Waals surface area contributed by atoms with Gasteiger partial charge in [0.15, 0.2) is 5.71 Å². The monoisotopic (exact) mass is 667 g/mol. The van der Waals surface area contributed by atoms with E-state index in [1.807, 2.05) is 14.0 Å². The molecule has 244 valence electrons. The highest BCUT2D eigenvalue weighted by Crippen LogP contribution is 2.49. The molecule has 2 aliphatic carbocycles. The molecule has 7 heteroatoms. The van der Waals surface area contributed by atoms with E-state index in [0.717, 1.165) is 27.3 Å². The second-order valence-corrected chi connectivity index (χ2v) is 15.9. The summed E-state index contributed by atoms with van der Waals surface area (Å²) in [6, 6.07) is 22.1. The maximum atomic E-state index is 12.1. The standard InChI is InChI=1S/C40H43ClN2O3S/c1-25-16-19-29(47(44,45)46)24-31(25)28-22-26(17-20-34-38(42-6)30-12-8-9-13-32(30)39(34,2)3)37(41)27(23-28)18-21-36-40(4,5)33-14-10-11-15-35(33)43(36)7/h8-21,24,28,38,42H,22-23H2,1-7H3/p+1/b21-18+,26-17+,34-20-. The zero-order valence-corrected chi connectivity index (χ0v) is 29.8. The van der Waals surface area contributed by atoms with Crippen molar-refractivity contribution < 1.29 is 17.5 Å². The molecule has 2 unspecified atom stereocenters. The first-order chi connectivity index (χ1) is 22.2. The number of rotatable bonds is 6. The van der Waals surface area contributed by atoms with Crippen LogP contribution in [0.1, 0.15) is 80.3 Å². The van der Waals surface area contributed by atoms with E-state index in [4.69, 9.17) is 11.6 Å². The zero-order valence-electron chi connectivity index (χ0n) is 28.2. The van der Waals surface area contributed by atoms with Gasteiger partial charge in [-0.3, -0.25) is 4.55 Å². The molecule has 1 heterocycles. The Morgan fingerprint density at radius 2 is 1.57 bits per heavy atom. The minimum absolute atomic E-state index is 0.0334. The molecule has 0 aromatic heterocycles. The summed E-state index contributed by atoms with van der Waals surface area (Å²) in [5.41, 5.74) is 11.1. The first-order valence-corrected chi connectivity index (χ1v) is 18.0. The highest BCUT2D eigenvalue weighted by Gasteiger charge is 2.43. The number of likely N-dealkylation sites (N-methyl/N-ethyl adjacent to an activating group) is 1. The van der Waals surface area contributed by atoms with Gasteiger partial charge in [0.2, 0.25) is 5.69 Å². The molecular formula is C40H44ClN2O3S+. The van der Waals surface area contributed by atoms with Crippen molar-refractivity contribution in [3.63, 3.8) is 0 Å². The maximum Gasteiger partial charge on any atom is 0.294 e. The number of benzene rings is 3. The van der Waals surface area contributed by atoms with E-state index in [1.54, 1.807) is 12.1 Å². The van der Waals surface area contributed by atoms with Gasteiger partial charge in [-0.1, -0.05) is 92.2 Å². The fourth-order valence-electron chi connectivity index (χ4n) is 8.00. The molecule has 6 rings (SSSR count). The largest absolute Gasteiger partial charge is 0.310 e. The van der Waals surface area contributed by atoms with Gasteiger partial charge in [0, 0.05) is 28.2 Å². The van der Waals surface area contributed by atoms with E-state index in [2.05, 4.69) is 117 Å². The minimum atomic E-state index is -4.35. The molecule has 47 heavy (non-hydrogen) atoms. The molecule has 0 spiro atoms. The molecule has 0 amide bonds. The van der Waals surface area contributed by atoms with Gasteiger partial charge in [0.25, 0.3) is 10.1 Å². The predicted octanol–water partition coefficient (Wildman–Crippen LogP) is 8.98. The number of para-hydroxylation sites is 1. The van der Waals surface area contributed by atoms with Gasteiger partial charge in [-0.2, -0.15) is 13.0 Å². The number of nitrogens with zero attached hydrogens (tertiary/aromatic N) is 1. The van der Waals surface area contributed by atoms with Gasteiger partial charge in [-0.15, -0.1) is 0 Å². The molecule has 3 aromatic carbocycles. The normalized spacial score (nSPS) is 23.7. The number of halogens is 1. The topological polar surface area (TPSA) is 69.4 Å². The molecule has 2 N–H and O–H groups in total. The third-order valence-corrected chi connectivity index (χ3v) is 11.9. The number of allylic oxidation sites excluding steroid dienone is 7. The fraction of sp³-hybridized carbons (Fsp3) is 0.325. The van der Waals surface area contributed by atoms with Crippen molar-refractivity contribution in [3.05, 3.63) is 141 Å². The number of aryl methyl sites for hydroxylation is 1. The van der Waals surface area contributed by atoms with E-state index >= 15 is 0 Å². The Kier molecular flexibility index (Phi) is 8.63. The van der Waals surface area contributed by atoms with Gasteiger partial charge in [0.1, 0.15) is 7.05 Å². The van der Waals surface area contributed by atoms with Crippen LogP contribution in [0, 0.1) is 6.92 Å². The quantitative estimate of drug-likeness (QED) is 0.203. The summed E-state index contributed by atoms with van der Waals surface area (Å²) < 4.78 is 36.4. The highest BCUT2D eigenvalue weighted by molar-refractivity contribution is 7.85. The Bertz CT molecular complexity index is 2050. The third-order valence-electron chi connectivity index (χ3n) is 10.6. The summed E-state index contributed by atoms with van der Waals surface area (Å²) in [6.07, 6.45) is 9.99. The van der Waals surface area contributed by atoms with E-state index in [0.29, 0.717) is 12.8 Å². The molecule has 0 radical (unpaired) electrons. The molecule has 0 saturated heterocycles. The van der Waals surface area contributed by atoms with Gasteiger partial charge >= 0.3 is 0 Å². The van der Waals surface area contributed by atoms with Gasteiger partial charge in [-0.25, -0.2) is 0 Å². The molecule has 0 bridgehead atoms. The van der Waals surface area contributed by atoms with Crippen LogP contribution in [0.5, 0.6) is 0 Å². The van der Waals surface area contributed by atoms with Crippen LogP contribution in [0.2, 0.25) is 0 Å². The molecule has 5 nitrogen and oxygen atoms in total. The number of hydrogen-bond acceptors (Lipinski definition) is 3. The Labute approximate surface area is 284 Å². The molecule has 3 aliphatic rings. The van der Waals surface area contributed by atoms with Gasteiger partial charge < -0.3 is 5.32 Å². The lowest BCUT2D eigenvalue weighted by atomic mass is 9.78. The van der Waals surface area contributed by atoms with Crippen molar-refractivity contribution in [1.29, 1.82) is 0 Å². The Morgan fingerprint density at radius 3 is 2.26 bits per heavy atom. The summed E-state index contributed by atoms with van der Waals surface area (Å²) in [4.78, 5) is -0.0894. The average Bonchev–Trinajstić information content (AvgIpc) is 3.37. The summed E-state index contributed by atoms with van der Waals surface area (Å²) in [7, 11) is -0.243. The van der Waals surface area contributed by atoms with E-state index < -0.39 is 10.1 Å². The van der Waals surface area contributed by atoms with Crippen molar-refractivity contribution in [1.82, 2.24) is 5.32 Å². The summed E-state index contributed by atoms with van der Waals surface area (Å²) in [6.45, 7) is 11.0. The van der Waals surface area contributed by atoms with Crippen LogP contribution in [0.3, 0.4) is 0 Å². The SMILES string of the molecule is CNC1/C(=C/C=C2\CC(c3cc(S(=O)(=O)O)ccc3C)CC(/C=C/C3=[N+](C)c4ccccc4C3(C)C)=C2Cl)C(C)(C)c2ccccc21. The van der Waals surface area contributed by atoms with Gasteiger partial charge in [-0.05, 0) is 97.7 Å².